The van der Waals surface area contributed by atoms with E-state index in [0.717, 1.165) is 48.9 Å². The Morgan fingerprint density at radius 1 is 1.11 bits per heavy atom. The first kappa shape index (κ1) is 27.5. The van der Waals surface area contributed by atoms with Crippen molar-refractivity contribution in [1.82, 2.24) is 4.98 Å². The third kappa shape index (κ3) is 7.01. The van der Waals surface area contributed by atoms with Gasteiger partial charge in [0.1, 0.15) is 11.9 Å². The van der Waals surface area contributed by atoms with Gasteiger partial charge in [-0.05, 0) is 74.1 Å². The number of hydrogen-bond acceptors (Lipinski definition) is 6. The number of pyridine rings is 1. The topological polar surface area (TPSA) is 96.7 Å². The van der Waals surface area contributed by atoms with Gasteiger partial charge < -0.3 is 14.9 Å². The molecular formula is C29H43NO5. The van der Waals surface area contributed by atoms with Crippen LogP contribution in [0.4, 0.5) is 0 Å². The number of fused-ring (bicyclic) bond motifs is 1. The summed E-state index contributed by atoms with van der Waals surface area (Å²) in [6.07, 6.45) is 5.96. The van der Waals surface area contributed by atoms with Crippen LogP contribution < -0.4 is 0 Å². The van der Waals surface area contributed by atoms with Crippen molar-refractivity contribution in [2.45, 2.75) is 98.4 Å². The van der Waals surface area contributed by atoms with E-state index < -0.39 is 29.5 Å². The second-order valence-electron chi connectivity index (χ2n) is 11.6. The summed E-state index contributed by atoms with van der Waals surface area (Å²) >= 11 is 0. The van der Waals surface area contributed by atoms with Crippen molar-refractivity contribution in [3.63, 3.8) is 0 Å². The van der Waals surface area contributed by atoms with Crippen LogP contribution in [-0.2, 0) is 14.3 Å². The Morgan fingerprint density at radius 2 is 1.83 bits per heavy atom. The Balaban J connectivity index is 1.82. The van der Waals surface area contributed by atoms with Gasteiger partial charge in [0.05, 0.1) is 29.7 Å². The zero-order valence-corrected chi connectivity index (χ0v) is 22.2. The first-order valence-corrected chi connectivity index (χ1v) is 13.1. The zero-order chi connectivity index (χ0) is 25.9. The van der Waals surface area contributed by atoms with E-state index in [4.69, 9.17) is 4.74 Å². The summed E-state index contributed by atoms with van der Waals surface area (Å²) < 4.78 is 5.91. The summed E-state index contributed by atoms with van der Waals surface area (Å²) in [5.41, 5.74) is 1.65. The van der Waals surface area contributed by atoms with E-state index in [2.05, 4.69) is 4.98 Å². The second kappa shape index (κ2) is 11.3. The fourth-order valence-corrected chi connectivity index (χ4v) is 5.34. The molecule has 35 heavy (non-hydrogen) atoms. The molecule has 2 fully saturated rings. The fraction of sp³-hybridized carbons (Fsp3) is 0.690. The van der Waals surface area contributed by atoms with Crippen LogP contribution in [0.5, 0.6) is 0 Å². The van der Waals surface area contributed by atoms with Gasteiger partial charge >= 0.3 is 5.97 Å². The van der Waals surface area contributed by atoms with Gasteiger partial charge in [-0.2, -0.15) is 0 Å². The molecule has 0 amide bonds. The highest BCUT2D eigenvalue weighted by Crippen LogP contribution is 2.47. The number of esters is 1. The Labute approximate surface area is 210 Å². The zero-order valence-electron chi connectivity index (χ0n) is 22.2. The number of cyclic esters (lactones) is 1. The number of ether oxygens (including phenoxy) is 1. The van der Waals surface area contributed by atoms with Crippen LogP contribution >= 0.6 is 0 Å². The van der Waals surface area contributed by atoms with E-state index in [1.54, 1.807) is 20.8 Å². The van der Waals surface area contributed by atoms with Crippen molar-refractivity contribution in [2.75, 3.05) is 0 Å². The number of aliphatic hydroxyl groups excluding tert-OH is 2. The molecule has 1 aromatic rings. The summed E-state index contributed by atoms with van der Waals surface area (Å²) in [6.45, 7) is 11.0. The van der Waals surface area contributed by atoms with E-state index in [0.29, 0.717) is 11.8 Å². The lowest BCUT2D eigenvalue weighted by Crippen LogP contribution is -2.45. The van der Waals surface area contributed by atoms with Crippen LogP contribution in [0, 0.1) is 36.0 Å². The molecule has 1 saturated heterocycles. The predicted molar refractivity (Wildman–Crippen MR) is 136 cm³/mol. The Morgan fingerprint density at radius 3 is 2.49 bits per heavy atom. The highest BCUT2D eigenvalue weighted by atomic mass is 16.5. The van der Waals surface area contributed by atoms with Crippen LogP contribution in [0.15, 0.2) is 23.9 Å². The molecule has 1 unspecified atom stereocenters. The van der Waals surface area contributed by atoms with Crippen LogP contribution in [0.25, 0.3) is 6.08 Å². The van der Waals surface area contributed by atoms with Crippen molar-refractivity contribution in [3.05, 3.63) is 35.2 Å². The van der Waals surface area contributed by atoms with Crippen molar-refractivity contribution in [3.8, 4) is 0 Å². The number of aromatic nitrogens is 1. The molecule has 0 bridgehead atoms. The summed E-state index contributed by atoms with van der Waals surface area (Å²) in [6, 6.07) is 3.95. The first-order chi connectivity index (χ1) is 16.4. The molecule has 6 nitrogen and oxygen atoms in total. The molecule has 0 spiro atoms. The SMILES string of the molecule is C/C(=C\c1ccc(C)cn1)[C@H]1C[C@@H]2C[C@@H]2CCC[C@H](C)[C@H](O)[C@@H](C)C(=O)C(C)(C)C(O)CC(=O)O1. The van der Waals surface area contributed by atoms with E-state index in [-0.39, 0.29) is 24.2 Å². The number of ketones is 1. The number of Topliss-reactive ketones (excluding diaryl/α,β-unsaturated/α-hetero) is 1. The van der Waals surface area contributed by atoms with Gasteiger partial charge in [0.15, 0.2) is 0 Å². The minimum atomic E-state index is -1.20. The van der Waals surface area contributed by atoms with Gasteiger partial charge in [0.2, 0.25) is 0 Å². The molecule has 1 saturated carbocycles. The summed E-state index contributed by atoms with van der Waals surface area (Å²) in [5, 5.41) is 21.7. The number of rotatable bonds is 2. The van der Waals surface area contributed by atoms with Crippen molar-refractivity contribution < 1.29 is 24.5 Å². The van der Waals surface area contributed by atoms with Crippen LogP contribution in [-0.4, -0.2) is 45.3 Å². The summed E-state index contributed by atoms with van der Waals surface area (Å²) in [7, 11) is 0. The molecular weight excluding hydrogens is 442 g/mol. The van der Waals surface area contributed by atoms with Crippen molar-refractivity contribution in [1.29, 1.82) is 0 Å². The molecule has 1 aromatic heterocycles. The number of nitrogens with zero attached hydrogens (tertiary/aromatic N) is 1. The summed E-state index contributed by atoms with van der Waals surface area (Å²) in [5.74, 6) is -0.271. The molecule has 2 heterocycles. The van der Waals surface area contributed by atoms with Gasteiger partial charge in [-0.15, -0.1) is 0 Å². The van der Waals surface area contributed by atoms with E-state index >= 15 is 0 Å². The molecule has 7 atom stereocenters. The van der Waals surface area contributed by atoms with E-state index in [9.17, 15) is 19.8 Å². The molecule has 3 rings (SSSR count). The van der Waals surface area contributed by atoms with Gasteiger partial charge in [0, 0.05) is 12.1 Å². The largest absolute Gasteiger partial charge is 0.458 e. The molecule has 0 aromatic carbocycles. The number of carbonyl (C=O) groups is 2. The second-order valence-corrected chi connectivity index (χ2v) is 11.6. The number of hydrogen-bond donors (Lipinski definition) is 2. The minimum Gasteiger partial charge on any atom is -0.458 e. The maximum Gasteiger partial charge on any atom is 0.309 e. The average Bonchev–Trinajstić information content (AvgIpc) is 3.55. The third-order valence-corrected chi connectivity index (χ3v) is 8.25. The van der Waals surface area contributed by atoms with Crippen LogP contribution in [0.3, 0.4) is 0 Å². The molecule has 2 N–H and O–H groups in total. The Hall–Kier alpha value is -2.05. The number of carbonyl (C=O) groups excluding carboxylic acids is 2. The van der Waals surface area contributed by atoms with Gasteiger partial charge in [-0.3, -0.25) is 14.6 Å². The molecule has 0 radical (unpaired) electrons. The molecule has 1 aliphatic heterocycles. The fourth-order valence-electron chi connectivity index (χ4n) is 5.34. The third-order valence-electron chi connectivity index (χ3n) is 8.25. The molecule has 1 aliphatic carbocycles. The lowest BCUT2D eigenvalue weighted by molar-refractivity contribution is -0.154. The lowest BCUT2D eigenvalue weighted by atomic mass is 9.73. The van der Waals surface area contributed by atoms with Crippen LogP contribution in [0.2, 0.25) is 0 Å². The van der Waals surface area contributed by atoms with Crippen molar-refractivity contribution in [2.24, 2.45) is 29.1 Å². The van der Waals surface area contributed by atoms with Crippen molar-refractivity contribution >= 4 is 17.8 Å². The van der Waals surface area contributed by atoms with Crippen LogP contribution in [0.1, 0.15) is 84.4 Å². The maximum atomic E-state index is 13.2. The molecule has 2 aliphatic rings. The van der Waals surface area contributed by atoms with E-state index in [1.165, 1.54) is 0 Å². The summed E-state index contributed by atoms with van der Waals surface area (Å²) in [4.78, 5) is 30.6. The van der Waals surface area contributed by atoms with Gasteiger partial charge in [-0.25, -0.2) is 0 Å². The first-order valence-electron chi connectivity index (χ1n) is 13.1. The average molecular weight is 486 g/mol. The van der Waals surface area contributed by atoms with Gasteiger partial charge in [-0.1, -0.05) is 46.6 Å². The van der Waals surface area contributed by atoms with Gasteiger partial charge in [0.25, 0.3) is 0 Å². The maximum absolute atomic E-state index is 13.2. The number of aryl methyl sites for hydroxylation is 1. The molecule has 194 valence electrons. The van der Waals surface area contributed by atoms with E-state index in [1.807, 2.05) is 45.2 Å². The monoisotopic (exact) mass is 485 g/mol. The minimum absolute atomic E-state index is 0.00287. The lowest BCUT2D eigenvalue weighted by Gasteiger charge is -2.34. The highest BCUT2D eigenvalue weighted by molar-refractivity contribution is 5.88. The predicted octanol–water partition coefficient (Wildman–Crippen LogP) is 4.89. The smallest absolute Gasteiger partial charge is 0.309 e. The Bertz CT molecular complexity index is 922. The highest BCUT2D eigenvalue weighted by Gasteiger charge is 2.43. The standard InChI is InChI=1S/C29H43NO5/c1-17-10-11-23(30-16-17)12-19(3)24-14-22-13-21(22)9-7-8-18(2)27(33)20(4)28(34)29(5,6)25(31)15-26(32)35-24/h10-12,16,18,20-22,24-25,27,31,33H,7-9,13-15H2,1-6H3/b19-12+/t18-,20+,21-,22-,24+,25?,27-/m0/s1. The molecule has 6 heteroatoms. The quantitative estimate of drug-likeness (QED) is 0.579. The Kier molecular flexibility index (Phi) is 8.92. The normalized spacial score (nSPS) is 35.2. The number of aliphatic hydroxyl groups is 2.